The lowest BCUT2D eigenvalue weighted by atomic mass is 10.1. The van der Waals surface area contributed by atoms with E-state index in [1.807, 2.05) is 6.07 Å². The van der Waals surface area contributed by atoms with Crippen molar-refractivity contribution in [3.63, 3.8) is 0 Å². The summed E-state index contributed by atoms with van der Waals surface area (Å²) in [7, 11) is 0. The van der Waals surface area contributed by atoms with Crippen molar-refractivity contribution in [3.05, 3.63) is 72.4 Å². The summed E-state index contributed by atoms with van der Waals surface area (Å²) in [6, 6.07) is 12.7. The van der Waals surface area contributed by atoms with Gasteiger partial charge < -0.3 is 15.1 Å². The first kappa shape index (κ1) is 14.8. The number of urea groups is 1. The van der Waals surface area contributed by atoms with E-state index >= 15 is 0 Å². The Balaban J connectivity index is 1.67. The van der Waals surface area contributed by atoms with Gasteiger partial charge in [0.05, 0.1) is 12.0 Å². The predicted molar refractivity (Wildman–Crippen MR) is 84.2 cm³/mol. The highest BCUT2D eigenvalue weighted by Gasteiger charge is 2.10. The number of aromatic nitrogens is 1. The quantitative estimate of drug-likeness (QED) is 0.770. The molecule has 0 aliphatic heterocycles. The lowest BCUT2D eigenvalue weighted by Crippen LogP contribution is -2.28. The van der Waals surface area contributed by atoms with Crippen LogP contribution in [0.2, 0.25) is 0 Å². The monoisotopic (exact) mass is 311 g/mol. The lowest BCUT2D eigenvalue weighted by Gasteiger charge is -2.10. The number of benzene rings is 1. The molecule has 3 rings (SSSR count). The van der Waals surface area contributed by atoms with Crippen molar-refractivity contribution in [2.45, 2.75) is 6.54 Å². The van der Waals surface area contributed by atoms with Crippen LogP contribution in [0.1, 0.15) is 5.56 Å². The number of nitrogens with one attached hydrogen (secondary N) is 2. The molecule has 1 aromatic carbocycles. The molecule has 23 heavy (non-hydrogen) atoms. The maximum absolute atomic E-state index is 13.5. The average molecular weight is 311 g/mol. The zero-order chi connectivity index (χ0) is 16.1. The SMILES string of the molecule is O=C(NCc1cccnc1-c1ccco1)Nc1ccccc1F. The van der Waals surface area contributed by atoms with Crippen LogP contribution in [0.3, 0.4) is 0 Å². The smallest absolute Gasteiger partial charge is 0.319 e. The third-order valence-corrected chi connectivity index (χ3v) is 3.21. The fraction of sp³-hybridized carbons (Fsp3) is 0.0588. The number of carbonyl (C=O) groups is 1. The fourth-order valence-corrected chi connectivity index (χ4v) is 2.12. The summed E-state index contributed by atoms with van der Waals surface area (Å²) >= 11 is 0. The van der Waals surface area contributed by atoms with Gasteiger partial charge in [-0.2, -0.15) is 0 Å². The van der Waals surface area contributed by atoms with Crippen LogP contribution in [0.4, 0.5) is 14.9 Å². The molecule has 3 aromatic rings. The van der Waals surface area contributed by atoms with Crippen LogP contribution >= 0.6 is 0 Å². The van der Waals surface area contributed by atoms with Gasteiger partial charge in [0.1, 0.15) is 11.5 Å². The van der Waals surface area contributed by atoms with E-state index in [-0.39, 0.29) is 12.2 Å². The molecule has 0 aliphatic rings. The number of anilines is 1. The van der Waals surface area contributed by atoms with Crippen LogP contribution in [0.5, 0.6) is 0 Å². The predicted octanol–water partition coefficient (Wildman–Crippen LogP) is 3.80. The van der Waals surface area contributed by atoms with Crippen LogP contribution in [0, 0.1) is 5.82 Å². The van der Waals surface area contributed by atoms with Crippen molar-refractivity contribution in [2.24, 2.45) is 0 Å². The number of carbonyl (C=O) groups excluding carboxylic acids is 1. The fourth-order valence-electron chi connectivity index (χ4n) is 2.12. The van der Waals surface area contributed by atoms with Crippen molar-refractivity contribution in [3.8, 4) is 11.5 Å². The summed E-state index contributed by atoms with van der Waals surface area (Å²) in [5.41, 5.74) is 1.58. The first-order valence-corrected chi connectivity index (χ1v) is 7.01. The Bertz CT molecular complexity index is 803. The van der Waals surface area contributed by atoms with E-state index in [0.717, 1.165) is 5.56 Å². The molecule has 0 saturated heterocycles. The average Bonchev–Trinajstić information content (AvgIpc) is 3.10. The minimum absolute atomic E-state index is 0.127. The molecular weight excluding hydrogens is 297 g/mol. The number of furan rings is 1. The van der Waals surface area contributed by atoms with Gasteiger partial charge in [0.2, 0.25) is 0 Å². The van der Waals surface area contributed by atoms with E-state index in [0.29, 0.717) is 11.5 Å². The molecule has 0 unspecified atom stereocenters. The normalized spacial score (nSPS) is 10.3. The second-order valence-electron chi connectivity index (χ2n) is 4.78. The third-order valence-electron chi connectivity index (χ3n) is 3.21. The summed E-state index contributed by atoms with van der Waals surface area (Å²) in [6.07, 6.45) is 3.22. The van der Waals surface area contributed by atoms with Crippen LogP contribution < -0.4 is 10.6 Å². The molecule has 0 spiro atoms. The molecule has 0 aliphatic carbocycles. The molecular formula is C17H14FN3O2. The van der Waals surface area contributed by atoms with E-state index in [1.54, 1.807) is 42.8 Å². The Morgan fingerprint density at radius 1 is 1.13 bits per heavy atom. The van der Waals surface area contributed by atoms with E-state index in [4.69, 9.17) is 4.42 Å². The first-order valence-electron chi connectivity index (χ1n) is 7.01. The van der Waals surface area contributed by atoms with Crippen molar-refractivity contribution in [1.29, 1.82) is 0 Å². The second kappa shape index (κ2) is 6.74. The van der Waals surface area contributed by atoms with Crippen molar-refractivity contribution in [2.75, 3.05) is 5.32 Å². The van der Waals surface area contributed by atoms with Gasteiger partial charge in [-0.15, -0.1) is 0 Å². The van der Waals surface area contributed by atoms with Gasteiger partial charge in [0.25, 0.3) is 0 Å². The molecule has 0 bridgehead atoms. The summed E-state index contributed by atoms with van der Waals surface area (Å²) < 4.78 is 18.8. The van der Waals surface area contributed by atoms with Crippen molar-refractivity contribution >= 4 is 11.7 Å². The molecule has 2 N–H and O–H groups in total. The van der Waals surface area contributed by atoms with E-state index in [1.165, 1.54) is 12.1 Å². The number of rotatable bonds is 4. The zero-order valence-electron chi connectivity index (χ0n) is 12.1. The Hall–Kier alpha value is -3.15. The summed E-state index contributed by atoms with van der Waals surface area (Å²) in [5, 5.41) is 5.14. The summed E-state index contributed by atoms with van der Waals surface area (Å²) in [4.78, 5) is 16.2. The number of halogens is 1. The molecule has 116 valence electrons. The molecule has 5 nitrogen and oxygen atoms in total. The Kier molecular flexibility index (Phi) is 4.33. The van der Waals surface area contributed by atoms with Crippen LogP contribution in [-0.4, -0.2) is 11.0 Å². The van der Waals surface area contributed by atoms with Gasteiger partial charge in [-0.05, 0) is 30.3 Å². The number of nitrogens with zero attached hydrogens (tertiary/aromatic N) is 1. The van der Waals surface area contributed by atoms with Crippen molar-refractivity contribution < 1.29 is 13.6 Å². The van der Waals surface area contributed by atoms with Gasteiger partial charge in [0.15, 0.2) is 5.76 Å². The maximum Gasteiger partial charge on any atom is 0.319 e. The minimum Gasteiger partial charge on any atom is -0.463 e. The topological polar surface area (TPSA) is 67.2 Å². The molecule has 0 atom stereocenters. The molecule has 0 radical (unpaired) electrons. The van der Waals surface area contributed by atoms with Gasteiger partial charge in [-0.1, -0.05) is 18.2 Å². The molecule has 2 amide bonds. The molecule has 0 fully saturated rings. The van der Waals surface area contributed by atoms with E-state index < -0.39 is 11.8 Å². The van der Waals surface area contributed by atoms with Crippen LogP contribution in [0.25, 0.3) is 11.5 Å². The van der Waals surface area contributed by atoms with Gasteiger partial charge >= 0.3 is 6.03 Å². The highest BCUT2D eigenvalue weighted by molar-refractivity contribution is 5.89. The van der Waals surface area contributed by atoms with E-state index in [9.17, 15) is 9.18 Å². The van der Waals surface area contributed by atoms with E-state index in [2.05, 4.69) is 15.6 Å². The Morgan fingerprint density at radius 3 is 2.78 bits per heavy atom. The number of amides is 2. The van der Waals surface area contributed by atoms with Crippen LogP contribution in [0.15, 0.2) is 65.4 Å². The Morgan fingerprint density at radius 2 is 2.00 bits per heavy atom. The number of pyridine rings is 1. The number of para-hydroxylation sites is 1. The summed E-state index contributed by atoms with van der Waals surface area (Å²) in [6.45, 7) is 0.240. The van der Waals surface area contributed by atoms with Gasteiger partial charge in [0, 0.05) is 18.3 Å². The lowest BCUT2D eigenvalue weighted by molar-refractivity contribution is 0.251. The zero-order valence-corrected chi connectivity index (χ0v) is 12.1. The molecule has 6 heteroatoms. The second-order valence-corrected chi connectivity index (χ2v) is 4.78. The highest BCUT2D eigenvalue weighted by Crippen LogP contribution is 2.21. The number of hydrogen-bond acceptors (Lipinski definition) is 3. The van der Waals surface area contributed by atoms with Gasteiger partial charge in [-0.3, -0.25) is 4.98 Å². The largest absolute Gasteiger partial charge is 0.463 e. The molecule has 0 saturated carbocycles. The maximum atomic E-state index is 13.5. The highest BCUT2D eigenvalue weighted by atomic mass is 19.1. The minimum atomic E-state index is -0.496. The molecule has 2 heterocycles. The molecule has 2 aromatic heterocycles. The number of hydrogen-bond donors (Lipinski definition) is 2. The first-order chi connectivity index (χ1) is 11.2. The van der Waals surface area contributed by atoms with Gasteiger partial charge in [-0.25, -0.2) is 9.18 Å². The Labute approximate surface area is 132 Å². The van der Waals surface area contributed by atoms with Crippen molar-refractivity contribution in [1.82, 2.24) is 10.3 Å². The summed E-state index contributed by atoms with van der Waals surface area (Å²) in [5.74, 6) is 0.136. The standard InChI is InChI=1S/C17H14FN3O2/c18-13-6-1-2-7-14(13)21-17(22)20-11-12-5-3-9-19-16(12)15-8-4-10-23-15/h1-10H,11H2,(H2,20,21,22). The third kappa shape index (κ3) is 3.55. The van der Waals surface area contributed by atoms with Crippen LogP contribution in [-0.2, 0) is 6.54 Å².